The highest BCUT2D eigenvalue weighted by molar-refractivity contribution is 7.47. The number of phosphoric ester groups is 1. The molecule has 0 aliphatic heterocycles. The number of allylic oxidation sites excluding steroid dienone is 4. The Kier molecular flexibility index (Phi) is 38.6. The molecular weight excluding hydrogens is 850 g/mol. The van der Waals surface area contributed by atoms with Crippen LogP contribution in [0.15, 0.2) is 24.3 Å². The lowest BCUT2D eigenvalue weighted by molar-refractivity contribution is -0.220. The van der Waals surface area contributed by atoms with Crippen molar-refractivity contribution in [1.29, 1.82) is 0 Å². The predicted octanol–water partition coefficient (Wildman–Crippen LogP) is 9.93. The van der Waals surface area contributed by atoms with Crippen LogP contribution < -0.4 is 5.32 Å². The first-order valence-electron chi connectivity index (χ1n) is 26.4. The van der Waals surface area contributed by atoms with Crippen molar-refractivity contribution in [1.82, 2.24) is 5.32 Å². The average molecular weight is 948 g/mol. The van der Waals surface area contributed by atoms with Gasteiger partial charge in [-0.1, -0.05) is 212 Å². The second kappa shape index (κ2) is 40.6. The smallest absolute Gasteiger partial charge is 0.393 e. The van der Waals surface area contributed by atoms with Crippen molar-refractivity contribution in [2.45, 2.75) is 287 Å². The topological polar surface area (TPSA) is 226 Å². The largest absolute Gasteiger partial charge is 0.472 e. The molecule has 0 bridgehead atoms. The third-order valence-corrected chi connectivity index (χ3v) is 13.8. The zero-order valence-electron chi connectivity index (χ0n) is 40.9. The average Bonchev–Trinajstić information content (AvgIpc) is 3.28. The van der Waals surface area contributed by atoms with E-state index in [1.807, 2.05) is 0 Å². The van der Waals surface area contributed by atoms with Crippen LogP contribution in [0.4, 0.5) is 0 Å². The van der Waals surface area contributed by atoms with Crippen molar-refractivity contribution in [3.63, 3.8) is 0 Å². The van der Waals surface area contributed by atoms with E-state index in [1.54, 1.807) is 0 Å². The van der Waals surface area contributed by atoms with E-state index in [-0.39, 0.29) is 12.8 Å². The highest BCUT2D eigenvalue weighted by Gasteiger charge is 2.51. The Morgan fingerprint density at radius 3 is 1.34 bits per heavy atom. The standard InChI is InChI=1S/C51H98NO12P/c1-3-5-7-9-11-13-15-17-19-21-23-25-27-29-31-33-35-37-39-44(54)43(41-63-65(61,62)64-51-49(59)47(57)46(56)48(58)50(51)60)52-45(55)40-42(53)38-36-34-32-30-28-26-24-22-20-18-16-14-12-10-8-6-4-2/h12,14,16,18,42-44,46-51,53-54,56-60H,3-11,13,15,17,19-41H2,1-2H3,(H,52,55)(H,61,62)/b14-12-,18-16-. The quantitative estimate of drug-likeness (QED) is 0.0158. The molecule has 8 atom stereocenters. The van der Waals surface area contributed by atoms with E-state index in [1.165, 1.54) is 128 Å². The van der Waals surface area contributed by atoms with Gasteiger partial charge in [-0.2, -0.15) is 0 Å². The Balaban J connectivity index is 2.46. The Labute approximate surface area is 394 Å². The molecular formula is C51H98NO12P. The lowest BCUT2D eigenvalue weighted by Gasteiger charge is -2.41. The van der Waals surface area contributed by atoms with Crippen LogP contribution in [0.5, 0.6) is 0 Å². The summed E-state index contributed by atoms with van der Waals surface area (Å²) in [6, 6.07) is -1.16. The summed E-state index contributed by atoms with van der Waals surface area (Å²) >= 11 is 0. The fraction of sp³-hybridized carbons (Fsp3) is 0.902. The molecule has 0 radical (unpaired) electrons. The van der Waals surface area contributed by atoms with Crippen LogP contribution >= 0.6 is 7.82 Å². The fourth-order valence-corrected chi connectivity index (χ4v) is 9.50. The van der Waals surface area contributed by atoms with Gasteiger partial charge >= 0.3 is 7.82 Å². The summed E-state index contributed by atoms with van der Waals surface area (Å²) in [6.07, 6.45) is 32.1. The molecule has 0 aromatic heterocycles. The first-order chi connectivity index (χ1) is 31.3. The first-order valence-corrected chi connectivity index (χ1v) is 27.9. The number of aliphatic hydroxyl groups is 7. The molecule has 8 unspecified atom stereocenters. The molecule has 13 nitrogen and oxygen atoms in total. The van der Waals surface area contributed by atoms with Gasteiger partial charge in [0.25, 0.3) is 0 Å². The van der Waals surface area contributed by atoms with Crippen LogP contribution in [0.3, 0.4) is 0 Å². The SMILES string of the molecule is CCCCC/C=C\C=C/CCCCCCCCCCC(O)CC(=O)NC(COP(=O)(O)OC1C(O)C(O)C(O)C(O)C1O)C(O)CCCCCCCCCCCCCCCCCCCC. The maximum absolute atomic E-state index is 13.1. The number of amides is 1. The monoisotopic (exact) mass is 948 g/mol. The van der Waals surface area contributed by atoms with E-state index >= 15 is 0 Å². The molecule has 1 aliphatic rings. The Morgan fingerprint density at radius 2 is 0.892 bits per heavy atom. The second-order valence-corrected chi connectivity index (χ2v) is 20.3. The first kappa shape index (κ1) is 61.8. The molecule has 0 aromatic carbocycles. The van der Waals surface area contributed by atoms with Gasteiger partial charge in [0.05, 0.1) is 31.3 Å². The summed E-state index contributed by atoms with van der Waals surface area (Å²) in [4.78, 5) is 23.6. The summed E-state index contributed by atoms with van der Waals surface area (Å²) in [6.45, 7) is 3.79. The molecule has 0 aromatic rings. The Hall–Kier alpha value is -1.22. The molecule has 0 saturated heterocycles. The number of aliphatic hydroxyl groups excluding tert-OH is 7. The van der Waals surface area contributed by atoms with E-state index < -0.39 is 75.2 Å². The van der Waals surface area contributed by atoms with Gasteiger partial charge in [0.1, 0.15) is 36.6 Å². The van der Waals surface area contributed by atoms with Crippen LogP contribution in [0, 0.1) is 0 Å². The zero-order valence-corrected chi connectivity index (χ0v) is 41.8. The van der Waals surface area contributed by atoms with Gasteiger partial charge in [0, 0.05) is 0 Å². The van der Waals surface area contributed by atoms with Crippen LogP contribution in [0.1, 0.15) is 232 Å². The molecule has 0 spiro atoms. The number of hydrogen-bond acceptors (Lipinski definition) is 11. The number of rotatable bonds is 44. The third-order valence-electron chi connectivity index (χ3n) is 12.8. The van der Waals surface area contributed by atoms with Gasteiger partial charge in [0.2, 0.25) is 5.91 Å². The molecule has 1 amide bonds. The Bertz CT molecular complexity index is 1210. The maximum atomic E-state index is 13.1. The molecule has 65 heavy (non-hydrogen) atoms. The lowest BCUT2D eigenvalue weighted by Crippen LogP contribution is -2.64. The minimum absolute atomic E-state index is 0.225. The van der Waals surface area contributed by atoms with Crippen molar-refractivity contribution >= 4 is 13.7 Å². The normalized spacial score (nSPS) is 22.7. The summed E-state index contributed by atoms with van der Waals surface area (Å²) in [5, 5.41) is 74.9. The molecule has 1 aliphatic carbocycles. The highest BCUT2D eigenvalue weighted by Crippen LogP contribution is 2.47. The minimum Gasteiger partial charge on any atom is -0.393 e. The van der Waals surface area contributed by atoms with Gasteiger partial charge in [0.15, 0.2) is 0 Å². The molecule has 384 valence electrons. The van der Waals surface area contributed by atoms with E-state index in [4.69, 9.17) is 9.05 Å². The second-order valence-electron chi connectivity index (χ2n) is 18.9. The van der Waals surface area contributed by atoms with Gasteiger partial charge in [-0.05, 0) is 38.5 Å². The van der Waals surface area contributed by atoms with Crippen LogP contribution in [-0.2, 0) is 18.4 Å². The van der Waals surface area contributed by atoms with Gasteiger partial charge in [-0.15, -0.1) is 0 Å². The van der Waals surface area contributed by atoms with Gasteiger partial charge < -0.3 is 46.0 Å². The zero-order chi connectivity index (χ0) is 48.0. The van der Waals surface area contributed by atoms with Gasteiger partial charge in [-0.25, -0.2) is 4.57 Å². The summed E-state index contributed by atoms with van der Waals surface area (Å²) in [5.74, 6) is -0.562. The number of unbranched alkanes of at least 4 members (excludes halogenated alkanes) is 28. The molecule has 1 fully saturated rings. The molecule has 0 heterocycles. The minimum atomic E-state index is -5.12. The molecule has 14 heteroatoms. The predicted molar refractivity (Wildman–Crippen MR) is 261 cm³/mol. The molecule has 1 saturated carbocycles. The third kappa shape index (κ3) is 32.3. The number of carbonyl (C=O) groups is 1. The van der Waals surface area contributed by atoms with E-state index in [2.05, 4.69) is 43.5 Å². The maximum Gasteiger partial charge on any atom is 0.472 e. The fourth-order valence-electron chi connectivity index (χ4n) is 8.53. The lowest BCUT2D eigenvalue weighted by atomic mass is 9.85. The van der Waals surface area contributed by atoms with Crippen molar-refractivity contribution in [2.75, 3.05) is 6.61 Å². The molecule has 1 rings (SSSR count). The van der Waals surface area contributed by atoms with Crippen LogP contribution in [0.2, 0.25) is 0 Å². The van der Waals surface area contributed by atoms with Crippen molar-refractivity contribution in [3.8, 4) is 0 Å². The summed E-state index contributed by atoms with van der Waals surface area (Å²) < 4.78 is 23.0. The van der Waals surface area contributed by atoms with E-state index in [9.17, 15) is 50.0 Å². The van der Waals surface area contributed by atoms with E-state index in [0.717, 1.165) is 64.2 Å². The summed E-state index contributed by atoms with van der Waals surface area (Å²) in [5.41, 5.74) is 0. The van der Waals surface area contributed by atoms with Gasteiger partial charge in [-0.3, -0.25) is 13.8 Å². The van der Waals surface area contributed by atoms with Crippen LogP contribution in [-0.4, -0.2) is 108 Å². The van der Waals surface area contributed by atoms with Crippen LogP contribution in [0.25, 0.3) is 0 Å². The van der Waals surface area contributed by atoms with Crippen molar-refractivity contribution < 1.29 is 59.0 Å². The summed E-state index contributed by atoms with van der Waals surface area (Å²) in [7, 11) is -5.12. The van der Waals surface area contributed by atoms with E-state index in [0.29, 0.717) is 12.8 Å². The number of hydrogen-bond donors (Lipinski definition) is 9. The number of carbonyl (C=O) groups excluding carboxylic acids is 1. The van der Waals surface area contributed by atoms with Crippen molar-refractivity contribution in [3.05, 3.63) is 24.3 Å². The van der Waals surface area contributed by atoms with Crippen molar-refractivity contribution in [2.24, 2.45) is 0 Å². The Morgan fingerprint density at radius 1 is 0.538 bits per heavy atom. The number of phosphoric acid groups is 1. The highest BCUT2D eigenvalue weighted by atomic mass is 31.2. The number of nitrogens with one attached hydrogen (secondary N) is 1. The molecule has 9 N–H and O–H groups in total.